The number of aliphatic hydroxyl groups excluding tert-OH is 1. The summed E-state index contributed by atoms with van der Waals surface area (Å²) in [5.74, 6) is -1.93. The van der Waals surface area contributed by atoms with Gasteiger partial charge >= 0.3 is 0 Å². The van der Waals surface area contributed by atoms with Crippen molar-refractivity contribution >= 4 is 17.3 Å². The molecule has 2 aliphatic rings. The van der Waals surface area contributed by atoms with Crippen LogP contribution in [0.25, 0.3) is 0 Å². The molecule has 0 aromatic rings. The Morgan fingerprint density at radius 2 is 1.44 bits per heavy atom. The zero-order chi connectivity index (χ0) is 29.9. The Labute approximate surface area is 237 Å². The normalized spacial score (nSPS) is 28.3. The molecule has 2 bridgehead atoms. The molecule has 4 nitrogen and oxygen atoms in total. The van der Waals surface area contributed by atoms with E-state index >= 15 is 0 Å². The molecule has 39 heavy (non-hydrogen) atoms. The number of Topliss-reactive ketones (excluding diaryl/α,β-unsaturated/α-hetero) is 3. The minimum Gasteiger partial charge on any atom is -0.511 e. The maximum Gasteiger partial charge on any atom is 0.184 e. The third kappa shape index (κ3) is 5.86. The van der Waals surface area contributed by atoms with Crippen LogP contribution in [0.4, 0.5) is 0 Å². The molecule has 0 amide bonds. The van der Waals surface area contributed by atoms with Crippen LogP contribution in [0.3, 0.4) is 0 Å². The highest BCUT2D eigenvalue weighted by molar-refractivity contribution is 6.33. The van der Waals surface area contributed by atoms with Crippen molar-refractivity contribution in [3.8, 4) is 0 Å². The van der Waals surface area contributed by atoms with Crippen molar-refractivity contribution in [3.63, 3.8) is 0 Å². The van der Waals surface area contributed by atoms with E-state index in [9.17, 15) is 19.5 Å². The van der Waals surface area contributed by atoms with E-state index in [1.807, 2.05) is 74.5 Å². The van der Waals surface area contributed by atoms with Gasteiger partial charge in [-0.2, -0.15) is 0 Å². The fraction of sp³-hybridized carbons (Fsp3) is 0.629. The van der Waals surface area contributed by atoms with Gasteiger partial charge in [0, 0.05) is 11.5 Å². The lowest BCUT2D eigenvalue weighted by Gasteiger charge is -2.61. The molecule has 216 valence electrons. The van der Waals surface area contributed by atoms with Crippen molar-refractivity contribution in [2.75, 3.05) is 0 Å². The number of rotatable bonds is 11. The highest BCUT2D eigenvalue weighted by Crippen LogP contribution is 2.67. The average Bonchev–Trinajstić information content (AvgIpc) is 2.81. The fourth-order valence-corrected chi connectivity index (χ4v) is 6.71. The molecule has 0 heterocycles. The molecule has 4 heteroatoms. The number of hydrogen-bond donors (Lipinski definition) is 1. The van der Waals surface area contributed by atoms with Crippen molar-refractivity contribution < 1.29 is 19.5 Å². The number of fused-ring (bicyclic) bond motifs is 2. The molecule has 0 radical (unpaired) electrons. The molecule has 1 fully saturated rings. The maximum absolute atomic E-state index is 15.0. The minimum absolute atomic E-state index is 0.117. The maximum atomic E-state index is 15.0. The SMILES string of the molecule is CC(C)=CCC[C@]1(C)[C@@H](CC=C(C)C)CC2(CC=C(C)C)C(=O)C1(C(=O)C(C)C)C(=O)C(CC=C(C)C)=C2O. The van der Waals surface area contributed by atoms with E-state index in [2.05, 4.69) is 12.2 Å². The second kappa shape index (κ2) is 12.4. The van der Waals surface area contributed by atoms with Gasteiger partial charge in [-0.25, -0.2) is 0 Å². The highest BCUT2D eigenvalue weighted by Gasteiger charge is 2.75. The molecule has 2 aliphatic carbocycles. The molecular formula is C35H52O4. The van der Waals surface area contributed by atoms with Gasteiger partial charge in [-0.15, -0.1) is 0 Å². The third-order valence-electron chi connectivity index (χ3n) is 8.98. The van der Waals surface area contributed by atoms with E-state index in [4.69, 9.17) is 0 Å². The predicted molar refractivity (Wildman–Crippen MR) is 161 cm³/mol. The number of carbonyl (C=O) groups is 3. The van der Waals surface area contributed by atoms with Crippen LogP contribution < -0.4 is 0 Å². The van der Waals surface area contributed by atoms with Crippen molar-refractivity contribution in [2.24, 2.45) is 28.1 Å². The Kier molecular flexibility index (Phi) is 10.4. The molecule has 0 saturated heterocycles. The first-order chi connectivity index (χ1) is 18.0. The molecule has 2 unspecified atom stereocenters. The van der Waals surface area contributed by atoms with Gasteiger partial charge in [0.1, 0.15) is 5.76 Å². The summed E-state index contributed by atoms with van der Waals surface area (Å²) in [5.41, 5.74) is 0.583. The van der Waals surface area contributed by atoms with Crippen LogP contribution in [0.15, 0.2) is 57.9 Å². The van der Waals surface area contributed by atoms with Gasteiger partial charge in [-0.3, -0.25) is 14.4 Å². The minimum atomic E-state index is -1.83. The zero-order valence-electron chi connectivity index (χ0n) is 26.4. The summed E-state index contributed by atoms with van der Waals surface area (Å²) in [6, 6.07) is 0. The van der Waals surface area contributed by atoms with E-state index in [1.165, 1.54) is 5.57 Å². The van der Waals surface area contributed by atoms with E-state index in [-0.39, 0.29) is 41.7 Å². The average molecular weight is 537 g/mol. The number of carbonyl (C=O) groups excluding carboxylic acids is 3. The molecule has 2 rings (SSSR count). The van der Waals surface area contributed by atoms with Gasteiger partial charge in [0.15, 0.2) is 22.8 Å². The Morgan fingerprint density at radius 1 is 0.897 bits per heavy atom. The summed E-state index contributed by atoms with van der Waals surface area (Å²) in [6.45, 7) is 21.6. The van der Waals surface area contributed by atoms with Crippen LogP contribution >= 0.6 is 0 Å². The number of aliphatic hydroxyl groups is 1. The second-order valence-corrected chi connectivity index (χ2v) is 13.5. The summed E-state index contributed by atoms with van der Waals surface area (Å²) < 4.78 is 0. The first-order valence-corrected chi connectivity index (χ1v) is 14.6. The lowest BCUT2D eigenvalue weighted by Crippen LogP contribution is -2.71. The van der Waals surface area contributed by atoms with Crippen molar-refractivity contribution in [3.05, 3.63) is 57.9 Å². The summed E-state index contributed by atoms with van der Waals surface area (Å²) in [5, 5.41) is 11.9. The first-order valence-electron chi connectivity index (χ1n) is 14.6. The van der Waals surface area contributed by atoms with Crippen LogP contribution in [0.2, 0.25) is 0 Å². The van der Waals surface area contributed by atoms with Crippen LogP contribution in [-0.2, 0) is 14.4 Å². The lowest BCUT2D eigenvalue weighted by atomic mass is 9.38. The van der Waals surface area contributed by atoms with Crippen molar-refractivity contribution in [1.29, 1.82) is 0 Å². The van der Waals surface area contributed by atoms with E-state index in [0.717, 1.165) is 16.7 Å². The second-order valence-electron chi connectivity index (χ2n) is 13.5. The lowest BCUT2D eigenvalue weighted by molar-refractivity contribution is -0.180. The largest absolute Gasteiger partial charge is 0.511 e. The number of ketones is 3. The molecule has 4 atom stereocenters. The molecule has 0 aromatic carbocycles. The topological polar surface area (TPSA) is 71.4 Å². The molecule has 0 aliphatic heterocycles. The monoisotopic (exact) mass is 536 g/mol. The number of allylic oxidation sites excluding steroid dienone is 10. The van der Waals surface area contributed by atoms with Crippen LogP contribution in [-0.4, -0.2) is 22.5 Å². The Morgan fingerprint density at radius 3 is 1.92 bits per heavy atom. The van der Waals surface area contributed by atoms with Gasteiger partial charge in [0.2, 0.25) is 0 Å². The quantitative estimate of drug-likeness (QED) is 0.211. The van der Waals surface area contributed by atoms with E-state index in [0.29, 0.717) is 25.7 Å². The Bertz CT molecular complexity index is 1140. The predicted octanol–water partition coefficient (Wildman–Crippen LogP) is 8.99. The summed E-state index contributed by atoms with van der Waals surface area (Å²) >= 11 is 0. The summed E-state index contributed by atoms with van der Waals surface area (Å²) in [6.07, 6.45) is 11.0. The van der Waals surface area contributed by atoms with Crippen LogP contribution in [0.5, 0.6) is 0 Å². The summed E-state index contributed by atoms with van der Waals surface area (Å²) in [4.78, 5) is 44.3. The molecule has 0 aromatic heterocycles. The zero-order valence-corrected chi connectivity index (χ0v) is 26.4. The Balaban J connectivity index is 3.09. The van der Waals surface area contributed by atoms with E-state index in [1.54, 1.807) is 13.8 Å². The third-order valence-corrected chi connectivity index (χ3v) is 8.98. The Hall–Kier alpha value is -2.49. The van der Waals surface area contributed by atoms with Crippen LogP contribution in [0, 0.1) is 28.1 Å². The van der Waals surface area contributed by atoms with Gasteiger partial charge < -0.3 is 5.11 Å². The smallest absolute Gasteiger partial charge is 0.184 e. The van der Waals surface area contributed by atoms with Crippen molar-refractivity contribution in [1.82, 2.24) is 0 Å². The highest BCUT2D eigenvalue weighted by atomic mass is 16.3. The fourth-order valence-electron chi connectivity index (χ4n) is 6.71. The van der Waals surface area contributed by atoms with Gasteiger partial charge in [-0.1, -0.05) is 67.4 Å². The molecule has 1 N–H and O–H groups in total. The van der Waals surface area contributed by atoms with Crippen LogP contribution in [0.1, 0.15) is 115 Å². The standard InChI is InChI=1S/C35H52O4/c1-22(2)13-12-19-33(11)27(16-14-23(3)4)21-34(20-18-25(7)8)30(37)28(17-15-24(5)6)31(38)35(33,32(34)39)29(36)26(9)10/h13-15,18,26-27,37H,12,16-17,19-21H2,1-11H3/t27-,33+,34?,35?/m0/s1. The van der Waals surface area contributed by atoms with Gasteiger partial charge in [-0.05, 0) is 105 Å². The number of hydrogen-bond acceptors (Lipinski definition) is 4. The van der Waals surface area contributed by atoms with Gasteiger partial charge in [0.25, 0.3) is 0 Å². The molecule has 0 spiro atoms. The van der Waals surface area contributed by atoms with Crippen molar-refractivity contribution in [2.45, 2.75) is 115 Å². The summed E-state index contributed by atoms with van der Waals surface area (Å²) in [7, 11) is 0. The molecule has 1 saturated carbocycles. The first kappa shape index (κ1) is 32.7. The van der Waals surface area contributed by atoms with Gasteiger partial charge in [0.05, 0.1) is 5.41 Å². The van der Waals surface area contributed by atoms with E-state index < -0.39 is 27.9 Å². The molecular weight excluding hydrogens is 484 g/mol.